The van der Waals surface area contributed by atoms with Crippen LogP contribution in [-0.2, 0) is 41.5 Å². The van der Waals surface area contributed by atoms with E-state index in [9.17, 15) is 19.2 Å². The predicted molar refractivity (Wildman–Crippen MR) is 320 cm³/mol. The number of amides is 1. The molecule has 4 saturated heterocycles. The summed E-state index contributed by atoms with van der Waals surface area (Å²) in [5.74, 6) is 8.79. The van der Waals surface area contributed by atoms with Crippen LogP contribution in [0.15, 0.2) is 22.3 Å². The Morgan fingerprint density at radius 3 is 1.58 bits per heavy atom. The highest BCUT2D eigenvalue weighted by Gasteiger charge is 2.63. The van der Waals surface area contributed by atoms with Crippen LogP contribution in [-0.4, -0.2) is 154 Å². The first kappa shape index (κ1) is 61.0. The number of allylic oxidation sites excluding steroid dienone is 2. The molecule has 19 heteroatoms. The van der Waals surface area contributed by atoms with Gasteiger partial charge in [0.05, 0.1) is 29.8 Å². The molecule has 0 bridgehead atoms. The van der Waals surface area contributed by atoms with E-state index >= 15 is 0 Å². The highest BCUT2D eigenvalue weighted by Crippen LogP contribution is 2.67. The molecule has 2 aromatic heterocycles. The van der Waals surface area contributed by atoms with Crippen molar-refractivity contribution in [3.63, 3.8) is 0 Å². The minimum Gasteiger partial charge on any atom is -0.481 e. The van der Waals surface area contributed by atoms with Gasteiger partial charge in [0, 0.05) is 88.9 Å². The van der Waals surface area contributed by atoms with E-state index in [-0.39, 0.29) is 41.9 Å². The third-order valence-corrected chi connectivity index (χ3v) is 25.9. The summed E-state index contributed by atoms with van der Waals surface area (Å²) < 4.78 is 14.4. The maximum absolute atomic E-state index is 12.4. The van der Waals surface area contributed by atoms with Crippen LogP contribution in [0, 0.1) is 81.8 Å². The lowest BCUT2D eigenvalue weighted by molar-refractivity contribution is -0.136. The third kappa shape index (κ3) is 11.5. The Hall–Kier alpha value is -4.30. The van der Waals surface area contributed by atoms with Gasteiger partial charge in [0.2, 0.25) is 5.91 Å². The Kier molecular flexibility index (Phi) is 17.4. The minimum atomic E-state index is -0.962. The molecule has 20 atom stereocenters. The van der Waals surface area contributed by atoms with Gasteiger partial charge in [-0.2, -0.15) is 10.4 Å². The standard InChI is InChI=1S/C33H50N6O3.C30H48N2O2.C3H4N4O2/c1-19-13-28-31(39(18-19)12-11-34-30(41)16-29-35-37-38-36-29)21(3)33(42-28)10-8-24-25-6-5-22-14-23(40)7-9-32(22,4)27(25)15-26(24)20(2)17-33;1-18-13-27-28(32(17-18)12-11-31)20(3)30(34-27)10-8-23-24-6-5-21-14-22(33)7-9-29(21,4)26(24)15-25(23)19(2)16-30;8-3(9)1-2-4-6-7-5-2/h19,21-22,24-25,27-28,31H,5-18H2,1-4H3,(H,34,41)(H,35,36,37,38);18,20-21,23-24,26-28H,5-17,31H2,1-4H3;1H2,(H,8,9)(H,4,5,6,7)/t19-,21+,22+,24-,25-,27-,28+,31-,32-,33-;18-,20+,21+,23-,24-,26-,27+,28-,29-,30-;/m00./s1. The number of piperidine rings is 2. The Balaban J connectivity index is 0.000000148. The van der Waals surface area contributed by atoms with Crippen LogP contribution in [0.4, 0.5) is 0 Å². The number of hydrogen-bond acceptors (Lipinski definition) is 15. The number of fused-ring (bicyclic) bond motifs is 12. The SMILES string of the molecule is CC1=C2C[C@H]3[C@@H](CC[C@@H]4CC(=O)CC[C@@]43C)[C@@H]2CC[C@@]2(C1)O[C@@H]1C[C@H](C)CN(CCN)[C@H]1[C@H]2C.CC1=C2C[C@H]3[C@@H](CC[C@@H]4CC(=O)CC[C@@]43C)[C@@H]2CC[C@@]2(C1)O[C@@H]1C[C@H](C)CN(CCNC(=O)Cc3nn[nH]n3)[C@H]1[C@H]2C.O=C(O)Cc1nn[nH]n1. The fraction of sp³-hybridized carbons (Fsp3) is 0.848. The molecule has 6 heterocycles. The highest BCUT2D eigenvalue weighted by molar-refractivity contribution is 5.80. The van der Waals surface area contributed by atoms with E-state index < -0.39 is 5.97 Å². The number of Topliss-reactive ketones (excluding diaryl/α,β-unsaturated/α-hetero) is 2. The van der Waals surface area contributed by atoms with Crippen molar-refractivity contribution >= 4 is 23.4 Å². The maximum atomic E-state index is 12.4. The quantitative estimate of drug-likeness (QED) is 0.148. The number of ether oxygens (including phenoxy) is 2. The van der Waals surface area contributed by atoms with E-state index in [1.807, 2.05) is 5.57 Å². The molecule has 6 N–H and O–H groups in total. The Labute approximate surface area is 504 Å². The number of carbonyl (C=O) groups is 4. The van der Waals surface area contributed by atoms with Crippen molar-refractivity contribution in [3.8, 4) is 0 Å². The lowest BCUT2D eigenvalue weighted by atomic mass is 9.52. The summed E-state index contributed by atoms with van der Waals surface area (Å²) in [5, 5.41) is 37.2. The molecule has 1 amide bonds. The molecule has 19 nitrogen and oxygen atoms in total. The largest absolute Gasteiger partial charge is 0.481 e. The summed E-state index contributed by atoms with van der Waals surface area (Å²) in [5.41, 5.74) is 13.5. The van der Waals surface area contributed by atoms with Crippen LogP contribution in [0.25, 0.3) is 0 Å². The van der Waals surface area contributed by atoms with Crippen molar-refractivity contribution in [2.45, 2.75) is 232 Å². The molecule has 12 aliphatic rings. The smallest absolute Gasteiger partial charge is 0.311 e. The number of nitrogens with one attached hydrogen (secondary N) is 3. The van der Waals surface area contributed by atoms with E-state index in [2.05, 4.69) is 112 Å². The lowest BCUT2D eigenvalue weighted by Crippen LogP contribution is -2.53. The number of carboxylic acids is 1. The fourth-order valence-electron chi connectivity index (χ4n) is 21.8. The number of nitrogens with two attached hydrogens (primary N) is 1. The molecule has 468 valence electrons. The number of hydrogen-bond donors (Lipinski definition) is 5. The molecule has 6 saturated carbocycles. The van der Waals surface area contributed by atoms with Crippen molar-refractivity contribution in [3.05, 3.63) is 33.9 Å². The zero-order chi connectivity index (χ0) is 59.7. The van der Waals surface area contributed by atoms with Gasteiger partial charge in [0.25, 0.3) is 0 Å². The number of H-pyrrole nitrogens is 2. The van der Waals surface area contributed by atoms with E-state index in [1.54, 1.807) is 16.7 Å². The highest BCUT2D eigenvalue weighted by atomic mass is 16.5. The first-order chi connectivity index (χ1) is 40.7. The summed E-state index contributed by atoms with van der Waals surface area (Å²) in [4.78, 5) is 52.2. The van der Waals surface area contributed by atoms with Crippen molar-refractivity contribution in [1.29, 1.82) is 0 Å². The fourth-order valence-corrected chi connectivity index (χ4v) is 21.8. The Bertz CT molecular complexity index is 2830. The van der Waals surface area contributed by atoms with Gasteiger partial charge < -0.3 is 25.6 Å². The topological polar surface area (TPSA) is 260 Å². The molecule has 0 radical (unpaired) electrons. The van der Waals surface area contributed by atoms with E-state index in [0.29, 0.717) is 94.4 Å². The number of tetrazole rings is 2. The van der Waals surface area contributed by atoms with Gasteiger partial charge in [0.1, 0.15) is 18.0 Å². The zero-order valence-electron chi connectivity index (χ0n) is 52.6. The van der Waals surface area contributed by atoms with Crippen LogP contribution >= 0.6 is 0 Å². The molecule has 2 aromatic rings. The second-order valence-corrected chi connectivity index (χ2v) is 30.5. The molecule has 2 spiro atoms. The van der Waals surface area contributed by atoms with E-state index in [1.165, 1.54) is 70.8 Å². The average Bonchev–Trinajstić information content (AvgIpc) is 1.76. The molecule has 0 unspecified atom stereocenters. The average molecular weight is 1180 g/mol. The number of aromatic amines is 2. The Morgan fingerprint density at radius 2 is 1.13 bits per heavy atom. The summed E-state index contributed by atoms with van der Waals surface area (Å²) in [6.07, 6.45) is 23.4. The molecule has 0 aromatic carbocycles. The monoisotopic (exact) mass is 1170 g/mol. The van der Waals surface area contributed by atoms with Gasteiger partial charge >= 0.3 is 5.97 Å². The zero-order valence-corrected chi connectivity index (χ0v) is 52.6. The van der Waals surface area contributed by atoms with Gasteiger partial charge in [-0.25, -0.2) is 0 Å². The molecule has 14 rings (SSSR count). The van der Waals surface area contributed by atoms with E-state index in [0.717, 1.165) is 120 Å². The number of aliphatic carboxylic acids is 1. The van der Waals surface area contributed by atoms with Crippen LogP contribution < -0.4 is 11.1 Å². The number of rotatable bonds is 9. The van der Waals surface area contributed by atoms with Gasteiger partial charge in [-0.05, 0) is 187 Å². The second kappa shape index (κ2) is 24.2. The molecule has 10 fully saturated rings. The molecule has 8 aliphatic carbocycles. The molecule has 4 aliphatic heterocycles. The number of carboxylic acid groups (broad SMARTS) is 1. The number of likely N-dealkylation sites (tertiary alicyclic amines) is 2. The molecule has 85 heavy (non-hydrogen) atoms. The number of carbonyl (C=O) groups excluding carboxylic acids is 3. The van der Waals surface area contributed by atoms with Gasteiger partial charge in [0.15, 0.2) is 11.6 Å². The summed E-state index contributed by atoms with van der Waals surface area (Å²) in [6.45, 7) is 25.1. The summed E-state index contributed by atoms with van der Waals surface area (Å²) >= 11 is 0. The third-order valence-electron chi connectivity index (χ3n) is 25.9. The summed E-state index contributed by atoms with van der Waals surface area (Å²) in [6, 6.07) is 0.935. The second-order valence-electron chi connectivity index (χ2n) is 30.5. The van der Waals surface area contributed by atoms with Crippen molar-refractivity contribution in [2.75, 3.05) is 39.3 Å². The number of aromatic nitrogens is 8. The van der Waals surface area contributed by atoms with Crippen molar-refractivity contribution < 1.29 is 33.8 Å². The van der Waals surface area contributed by atoms with Crippen LogP contribution in [0.1, 0.15) is 195 Å². The first-order valence-corrected chi connectivity index (χ1v) is 33.6. The lowest BCUT2D eigenvalue weighted by Gasteiger charge is -2.52. The normalized spacial score (nSPS) is 42.9. The molecular weight excluding hydrogens is 1070 g/mol. The van der Waals surface area contributed by atoms with Crippen LogP contribution in [0.2, 0.25) is 0 Å². The van der Waals surface area contributed by atoms with Gasteiger partial charge in [-0.3, -0.25) is 29.0 Å². The Morgan fingerprint density at radius 1 is 0.659 bits per heavy atom. The maximum Gasteiger partial charge on any atom is 0.311 e. The minimum absolute atomic E-state index is 0.0154. The van der Waals surface area contributed by atoms with Crippen LogP contribution in [0.5, 0.6) is 0 Å². The number of ketones is 2. The van der Waals surface area contributed by atoms with Crippen molar-refractivity contribution in [1.82, 2.24) is 56.4 Å². The van der Waals surface area contributed by atoms with Crippen molar-refractivity contribution in [2.24, 2.45) is 87.6 Å². The van der Waals surface area contributed by atoms with Gasteiger partial charge in [-0.1, -0.05) is 74.3 Å². The van der Waals surface area contributed by atoms with Gasteiger partial charge in [-0.15, -0.1) is 20.4 Å². The van der Waals surface area contributed by atoms with Crippen LogP contribution in [0.3, 0.4) is 0 Å². The predicted octanol–water partition coefficient (Wildman–Crippen LogP) is 8.44. The molecular formula is C66H102N12O7. The number of nitrogens with zero attached hydrogens (tertiary/aromatic N) is 8. The first-order valence-electron chi connectivity index (χ1n) is 33.6. The van der Waals surface area contributed by atoms with E-state index in [4.69, 9.17) is 20.3 Å². The summed E-state index contributed by atoms with van der Waals surface area (Å²) in [7, 11) is 0.